The van der Waals surface area contributed by atoms with E-state index in [1.165, 1.54) is 0 Å². The van der Waals surface area contributed by atoms with Crippen LogP contribution in [0.1, 0.15) is 0 Å². The van der Waals surface area contributed by atoms with E-state index < -0.39 is 0 Å². The Labute approximate surface area is 99.8 Å². The highest BCUT2D eigenvalue weighted by atomic mass is 79.9. The maximum Gasteiger partial charge on any atom is 0.205 e. The van der Waals surface area contributed by atoms with Crippen LogP contribution in [0.15, 0.2) is 27.3 Å². The van der Waals surface area contributed by atoms with Crippen LogP contribution in [0.4, 0.5) is 5.95 Å². The molecule has 1 aliphatic heterocycles. The average Bonchev–Trinajstić information content (AvgIpc) is 2.85. The number of nitrogens with one attached hydrogen (secondary N) is 2. The molecule has 82 valence electrons. The Morgan fingerprint density at radius 2 is 2.38 bits per heavy atom. The van der Waals surface area contributed by atoms with Gasteiger partial charge in [-0.3, -0.25) is 9.98 Å². The van der Waals surface area contributed by atoms with Gasteiger partial charge in [0.25, 0.3) is 0 Å². The summed E-state index contributed by atoms with van der Waals surface area (Å²) >= 11 is 3.25. The quantitative estimate of drug-likeness (QED) is 0.837. The van der Waals surface area contributed by atoms with Gasteiger partial charge < -0.3 is 9.73 Å². The van der Waals surface area contributed by atoms with E-state index in [1.807, 2.05) is 16.7 Å². The molecule has 3 rings (SSSR count). The standard InChI is InChI=1S/C10H9BrN4O/c11-8-2-1-7(16-8)6-5-9(12)15-4-3-13-10(15)14-6/h1-2,5,12H,3-4H2,(H,13,14). The first-order chi connectivity index (χ1) is 7.74. The normalized spacial score (nSPS) is 13.6. The van der Waals surface area contributed by atoms with Crippen molar-refractivity contribution in [2.45, 2.75) is 6.54 Å². The molecule has 0 unspecified atom stereocenters. The first-order valence-electron chi connectivity index (χ1n) is 4.90. The number of aromatic nitrogens is 2. The van der Waals surface area contributed by atoms with Crippen LogP contribution in [0, 0.1) is 5.41 Å². The molecule has 5 nitrogen and oxygen atoms in total. The lowest BCUT2D eigenvalue weighted by Gasteiger charge is -2.04. The van der Waals surface area contributed by atoms with Gasteiger partial charge in [0.05, 0.1) is 0 Å². The maximum absolute atomic E-state index is 7.88. The smallest absolute Gasteiger partial charge is 0.205 e. The summed E-state index contributed by atoms with van der Waals surface area (Å²) in [6, 6.07) is 5.36. The van der Waals surface area contributed by atoms with Crippen LogP contribution < -0.4 is 10.8 Å². The number of furan rings is 1. The zero-order valence-corrected chi connectivity index (χ0v) is 9.91. The molecule has 3 heterocycles. The lowest BCUT2D eigenvalue weighted by atomic mass is 10.3. The number of halogens is 1. The molecule has 0 aliphatic carbocycles. The molecule has 1 aliphatic rings. The molecule has 0 fully saturated rings. The van der Waals surface area contributed by atoms with Gasteiger partial charge in [-0.15, -0.1) is 0 Å². The zero-order chi connectivity index (χ0) is 11.1. The molecule has 0 saturated carbocycles. The molecule has 0 saturated heterocycles. The van der Waals surface area contributed by atoms with Crippen LogP contribution in [0.5, 0.6) is 0 Å². The Morgan fingerprint density at radius 3 is 3.12 bits per heavy atom. The van der Waals surface area contributed by atoms with Crippen LogP contribution in [-0.4, -0.2) is 16.1 Å². The molecule has 2 aromatic rings. The van der Waals surface area contributed by atoms with Gasteiger partial charge in [-0.05, 0) is 28.1 Å². The third kappa shape index (κ3) is 1.46. The molecular formula is C10H9BrN4O. The molecule has 0 atom stereocenters. The van der Waals surface area contributed by atoms with E-state index in [1.54, 1.807) is 6.07 Å². The minimum atomic E-state index is 0.442. The number of fused-ring (bicyclic) bond motifs is 1. The second-order valence-corrected chi connectivity index (χ2v) is 4.31. The molecule has 2 aromatic heterocycles. The van der Waals surface area contributed by atoms with E-state index in [9.17, 15) is 0 Å². The summed E-state index contributed by atoms with van der Waals surface area (Å²) in [6.45, 7) is 1.62. The first-order valence-corrected chi connectivity index (χ1v) is 5.69. The fraction of sp³-hybridized carbons (Fsp3) is 0.200. The summed E-state index contributed by atoms with van der Waals surface area (Å²) in [5, 5.41) is 11.0. The predicted octanol–water partition coefficient (Wildman–Crippen LogP) is 1.81. The van der Waals surface area contributed by atoms with Crippen LogP contribution in [-0.2, 0) is 6.54 Å². The fourth-order valence-electron chi connectivity index (χ4n) is 1.75. The summed E-state index contributed by atoms with van der Waals surface area (Å²) in [5.41, 5.74) is 1.12. The van der Waals surface area contributed by atoms with E-state index in [2.05, 4.69) is 26.2 Å². The highest BCUT2D eigenvalue weighted by molar-refractivity contribution is 9.10. The lowest BCUT2D eigenvalue weighted by Crippen LogP contribution is -2.18. The maximum atomic E-state index is 7.88. The molecule has 0 aromatic carbocycles. The first kappa shape index (κ1) is 9.65. The number of hydrogen-bond acceptors (Lipinski definition) is 4. The van der Waals surface area contributed by atoms with Gasteiger partial charge >= 0.3 is 0 Å². The Kier molecular flexibility index (Phi) is 2.10. The van der Waals surface area contributed by atoms with Gasteiger partial charge in [0.1, 0.15) is 11.2 Å². The molecule has 0 spiro atoms. The van der Waals surface area contributed by atoms with Crippen LogP contribution in [0.25, 0.3) is 11.5 Å². The van der Waals surface area contributed by atoms with Gasteiger partial charge in [-0.1, -0.05) is 0 Å². The largest absolute Gasteiger partial charge is 0.448 e. The van der Waals surface area contributed by atoms with Crippen molar-refractivity contribution >= 4 is 21.9 Å². The van der Waals surface area contributed by atoms with Gasteiger partial charge in [0, 0.05) is 19.2 Å². The summed E-state index contributed by atoms with van der Waals surface area (Å²) in [7, 11) is 0. The SMILES string of the molecule is N=c1cc(-c2ccc(Br)o2)nc2n1CCN2. The fourth-order valence-corrected chi connectivity index (χ4v) is 2.05. The zero-order valence-electron chi connectivity index (χ0n) is 8.33. The topological polar surface area (TPSA) is 66.8 Å². The van der Waals surface area contributed by atoms with Crippen molar-refractivity contribution in [3.8, 4) is 11.5 Å². The van der Waals surface area contributed by atoms with Gasteiger partial charge in [0.2, 0.25) is 5.95 Å². The molecule has 2 N–H and O–H groups in total. The summed E-state index contributed by atoms with van der Waals surface area (Å²) in [4.78, 5) is 4.41. The Balaban J connectivity index is 2.16. The second kappa shape index (κ2) is 3.48. The summed E-state index contributed by atoms with van der Waals surface area (Å²) in [5.74, 6) is 1.40. The minimum Gasteiger partial charge on any atom is -0.448 e. The van der Waals surface area contributed by atoms with E-state index in [4.69, 9.17) is 9.83 Å². The van der Waals surface area contributed by atoms with Gasteiger partial charge in [0.15, 0.2) is 10.4 Å². The molecule has 0 radical (unpaired) electrons. The van der Waals surface area contributed by atoms with Crippen LogP contribution in [0.3, 0.4) is 0 Å². The van der Waals surface area contributed by atoms with E-state index in [0.29, 0.717) is 21.6 Å². The molecule has 16 heavy (non-hydrogen) atoms. The van der Waals surface area contributed by atoms with Crippen molar-refractivity contribution < 1.29 is 4.42 Å². The lowest BCUT2D eigenvalue weighted by molar-refractivity contribution is 0.553. The van der Waals surface area contributed by atoms with Crippen molar-refractivity contribution in [2.75, 3.05) is 11.9 Å². The molecule has 0 bridgehead atoms. The molecule has 0 amide bonds. The van der Waals surface area contributed by atoms with Crippen molar-refractivity contribution in [2.24, 2.45) is 0 Å². The minimum absolute atomic E-state index is 0.442. The van der Waals surface area contributed by atoms with Crippen molar-refractivity contribution in [1.82, 2.24) is 9.55 Å². The monoisotopic (exact) mass is 280 g/mol. The number of hydrogen-bond donors (Lipinski definition) is 2. The number of anilines is 1. The highest BCUT2D eigenvalue weighted by Gasteiger charge is 2.14. The third-order valence-electron chi connectivity index (χ3n) is 2.49. The second-order valence-electron chi connectivity index (χ2n) is 3.53. The summed E-state index contributed by atoms with van der Waals surface area (Å²) in [6.07, 6.45) is 0. The van der Waals surface area contributed by atoms with Gasteiger partial charge in [-0.2, -0.15) is 0 Å². The summed E-state index contributed by atoms with van der Waals surface area (Å²) < 4.78 is 7.92. The number of rotatable bonds is 1. The third-order valence-corrected chi connectivity index (χ3v) is 2.92. The highest BCUT2D eigenvalue weighted by Crippen LogP contribution is 2.23. The van der Waals surface area contributed by atoms with E-state index >= 15 is 0 Å². The number of nitrogens with zero attached hydrogens (tertiary/aromatic N) is 2. The molecular weight excluding hydrogens is 272 g/mol. The average molecular weight is 281 g/mol. The Morgan fingerprint density at radius 1 is 1.50 bits per heavy atom. The Hall–Kier alpha value is -1.56. The van der Waals surface area contributed by atoms with Crippen molar-refractivity contribution in [3.63, 3.8) is 0 Å². The van der Waals surface area contributed by atoms with Crippen LogP contribution in [0.2, 0.25) is 0 Å². The van der Waals surface area contributed by atoms with Crippen molar-refractivity contribution in [3.05, 3.63) is 28.4 Å². The van der Waals surface area contributed by atoms with E-state index in [0.717, 1.165) is 19.0 Å². The Bertz CT molecular complexity index is 601. The van der Waals surface area contributed by atoms with E-state index in [-0.39, 0.29) is 0 Å². The van der Waals surface area contributed by atoms with Crippen LogP contribution >= 0.6 is 15.9 Å². The predicted molar refractivity (Wildman–Crippen MR) is 62.0 cm³/mol. The van der Waals surface area contributed by atoms with Crippen molar-refractivity contribution in [1.29, 1.82) is 5.41 Å². The van der Waals surface area contributed by atoms with Gasteiger partial charge in [-0.25, -0.2) is 4.98 Å². The molecule has 6 heteroatoms.